The van der Waals surface area contributed by atoms with Gasteiger partial charge in [0.25, 0.3) is 5.91 Å². The Hall–Kier alpha value is -3.03. The first kappa shape index (κ1) is 19.3. The van der Waals surface area contributed by atoms with Gasteiger partial charge >= 0.3 is 0 Å². The zero-order valence-electron chi connectivity index (χ0n) is 15.4. The SMILES string of the molecule is Bc1cc2c(cc1Sc1nc3c(N)ncnc3n1CCOCC(=O)NO)OCO2. The van der Waals surface area contributed by atoms with Crippen LogP contribution < -0.4 is 26.2 Å². The van der Waals surface area contributed by atoms with E-state index in [1.54, 1.807) is 0 Å². The summed E-state index contributed by atoms with van der Waals surface area (Å²) in [4.78, 5) is 24.9. The maximum Gasteiger partial charge on any atom is 0.269 e. The Morgan fingerprint density at radius 1 is 1.38 bits per heavy atom. The number of hydrogen-bond donors (Lipinski definition) is 3. The number of nitrogens with one attached hydrogen (secondary N) is 1. The number of benzene rings is 1. The van der Waals surface area contributed by atoms with Gasteiger partial charge in [-0.2, -0.15) is 0 Å². The summed E-state index contributed by atoms with van der Waals surface area (Å²) < 4.78 is 18.0. The van der Waals surface area contributed by atoms with Gasteiger partial charge in [0.15, 0.2) is 33.6 Å². The number of carbonyl (C=O) groups excluding carboxylic acids is 1. The number of nitrogens with zero attached hydrogens (tertiary/aromatic N) is 4. The van der Waals surface area contributed by atoms with Crippen LogP contribution in [-0.2, 0) is 16.1 Å². The molecule has 0 aliphatic carbocycles. The van der Waals surface area contributed by atoms with E-state index in [4.69, 9.17) is 25.2 Å². The maximum atomic E-state index is 11.1. The van der Waals surface area contributed by atoms with Crippen molar-refractivity contribution in [1.82, 2.24) is 25.0 Å². The molecule has 1 aliphatic heterocycles. The summed E-state index contributed by atoms with van der Waals surface area (Å²) in [5.74, 6) is 1.04. The topological polar surface area (TPSA) is 147 Å². The highest BCUT2D eigenvalue weighted by molar-refractivity contribution is 7.99. The normalized spacial score (nSPS) is 12.4. The predicted octanol–water partition coefficient (Wildman–Crippen LogP) is -0.931. The van der Waals surface area contributed by atoms with E-state index in [0.29, 0.717) is 34.4 Å². The van der Waals surface area contributed by atoms with Gasteiger partial charge in [-0.25, -0.2) is 20.4 Å². The van der Waals surface area contributed by atoms with Crippen LogP contribution in [-0.4, -0.2) is 58.5 Å². The van der Waals surface area contributed by atoms with Gasteiger partial charge in [-0.05, 0) is 12.1 Å². The van der Waals surface area contributed by atoms with E-state index in [2.05, 4.69) is 15.0 Å². The summed E-state index contributed by atoms with van der Waals surface area (Å²) in [6.45, 7) is 0.518. The molecule has 1 aromatic carbocycles. The average molecular weight is 416 g/mol. The molecule has 4 rings (SSSR count). The van der Waals surface area contributed by atoms with Crippen molar-refractivity contribution in [1.29, 1.82) is 0 Å². The Kier molecular flexibility index (Phi) is 5.42. The molecule has 150 valence electrons. The van der Waals surface area contributed by atoms with Crippen LogP contribution in [0.2, 0.25) is 0 Å². The number of ether oxygens (including phenoxy) is 3. The molecule has 1 amide bonds. The number of fused-ring (bicyclic) bond motifs is 2. The van der Waals surface area contributed by atoms with Crippen molar-refractivity contribution >= 4 is 48.0 Å². The fourth-order valence-electron chi connectivity index (χ4n) is 2.80. The molecule has 0 spiro atoms. The minimum absolute atomic E-state index is 0.201. The van der Waals surface area contributed by atoms with Crippen LogP contribution in [0.4, 0.5) is 5.82 Å². The molecule has 0 unspecified atom stereocenters. The van der Waals surface area contributed by atoms with Gasteiger partial charge < -0.3 is 24.5 Å². The lowest BCUT2D eigenvalue weighted by Crippen LogP contribution is -2.24. The molecule has 0 bridgehead atoms. The van der Waals surface area contributed by atoms with Crippen molar-refractivity contribution in [3.05, 3.63) is 18.5 Å². The van der Waals surface area contributed by atoms with Crippen molar-refractivity contribution < 1.29 is 24.2 Å². The van der Waals surface area contributed by atoms with Crippen LogP contribution in [0.5, 0.6) is 11.5 Å². The van der Waals surface area contributed by atoms with Crippen LogP contribution in [0.25, 0.3) is 11.2 Å². The molecule has 0 saturated heterocycles. The van der Waals surface area contributed by atoms with Gasteiger partial charge in [0.1, 0.15) is 20.8 Å². The summed E-state index contributed by atoms with van der Waals surface area (Å²) in [7, 11) is 1.97. The zero-order valence-corrected chi connectivity index (χ0v) is 16.2. The Balaban J connectivity index is 1.63. The molecule has 29 heavy (non-hydrogen) atoms. The fourth-order valence-corrected chi connectivity index (χ4v) is 3.81. The third-order valence-corrected chi connectivity index (χ3v) is 5.37. The lowest BCUT2D eigenvalue weighted by molar-refractivity contribution is -0.134. The molecule has 0 atom stereocenters. The van der Waals surface area contributed by atoms with Crippen LogP contribution >= 0.6 is 11.8 Å². The zero-order chi connectivity index (χ0) is 20.4. The van der Waals surface area contributed by atoms with E-state index in [1.807, 2.05) is 24.5 Å². The van der Waals surface area contributed by atoms with Crippen LogP contribution in [0.1, 0.15) is 0 Å². The minimum atomic E-state index is -0.627. The Morgan fingerprint density at radius 2 is 2.17 bits per heavy atom. The molecular weight excluding hydrogens is 399 g/mol. The Labute approximate surface area is 169 Å². The van der Waals surface area contributed by atoms with E-state index in [0.717, 1.165) is 10.4 Å². The molecule has 0 fully saturated rings. The summed E-state index contributed by atoms with van der Waals surface area (Å²) in [6, 6.07) is 3.82. The van der Waals surface area contributed by atoms with Crippen LogP contribution in [0, 0.1) is 0 Å². The quantitative estimate of drug-likeness (QED) is 0.191. The standard InChI is InChI=1S/C16H17BN6O5S/c17-8-3-9-10(28-7-27-9)4-11(8)29-16-21-13-14(18)19-6-20-15(13)23(16)1-2-26-5-12(24)22-25/h3-4,6,25H,1-2,5,7,17H2,(H,22,24)(H2,18,19,20). The molecule has 0 radical (unpaired) electrons. The van der Waals surface area contributed by atoms with Crippen molar-refractivity contribution in [3.8, 4) is 11.5 Å². The molecule has 3 heterocycles. The number of nitrogens with two attached hydrogens (primary N) is 1. The van der Waals surface area contributed by atoms with Crippen LogP contribution in [0.15, 0.2) is 28.5 Å². The number of imidazole rings is 1. The Bertz CT molecular complexity index is 1080. The van der Waals surface area contributed by atoms with E-state index in [-0.39, 0.29) is 25.8 Å². The fraction of sp³-hybridized carbons (Fsp3) is 0.250. The minimum Gasteiger partial charge on any atom is -0.454 e. The van der Waals surface area contributed by atoms with E-state index in [9.17, 15) is 4.79 Å². The highest BCUT2D eigenvalue weighted by Crippen LogP contribution is 2.37. The molecule has 1 aliphatic rings. The molecule has 2 aromatic heterocycles. The van der Waals surface area contributed by atoms with Crippen molar-refractivity contribution in [2.75, 3.05) is 25.7 Å². The largest absolute Gasteiger partial charge is 0.454 e. The van der Waals surface area contributed by atoms with Crippen LogP contribution in [0.3, 0.4) is 0 Å². The summed E-state index contributed by atoms with van der Waals surface area (Å²) >= 11 is 1.43. The van der Waals surface area contributed by atoms with E-state index >= 15 is 0 Å². The highest BCUT2D eigenvalue weighted by atomic mass is 32.2. The number of hydrogen-bond acceptors (Lipinski definition) is 10. The van der Waals surface area contributed by atoms with Crippen molar-refractivity contribution in [2.45, 2.75) is 16.6 Å². The first-order valence-electron chi connectivity index (χ1n) is 8.62. The van der Waals surface area contributed by atoms with Gasteiger partial charge in [0.2, 0.25) is 6.79 Å². The number of aromatic nitrogens is 4. The molecular formula is C16H17BN6O5S. The second kappa shape index (κ2) is 8.15. The maximum absolute atomic E-state index is 11.1. The lowest BCUT2D eigenvalue weighted by atomic mass is 9.96. The first-order valence-corrected chi connectivity index (χ1v) is 9.44. The average Bonchev–Trinajstić information content (AvgIpc) is 3.30. The van der Waals surface area contributed by atoms with E-state index < -0.39 is 5.91 Å². The monoisotopic (exact) mass is 416 g/mol. The van der Waals surface area contributed by atoms with Gasteiger partial charge in [0, 0.05) is 4.90 Å². The van der Waals surface area contributed by atoms with Crippen molar-refractivity contribution in [3.63, 3.8) is 0 Å². The summed E-state index contributed by atoms with van der Waals surface area (Å²) in [5, 5.41) is 9.19. The number of nitrogen functional groups attached to an aromatic ring is 1. The van der Waals surface area contributed by atoms with Gasteiger partial charge in [-0.15, -0.1) is 0 Å². The molecule has 13 heteroatoms. The number of carbonyl (C=O) groups is 1. The number of amides is 1. The van der Waals surface area contributed by atoms with Gasteiger partial charge in [-0.3, -0.25) is 10.0 Å². The highest BCUT2D eigenvalue weighted by Gasteiger charge is 2.20. The second-order valence-corrected chi connectivity index (χ2v) is 7.15. The Morgan fingerprint density at radius 3 is 2.97 bits per heavy atom. The van der Waals surface area contributed by atoms with Gasteiger partial charge in [-0.1, -0.05) is 17.2 Å². The predicted molar refractivity (Wildman–Crippen MR) is 105 cm³/mol. The molecule has 4 N–H and O–H groups in total. The summed E-state index contributed by atoms with van der Waals surface area (Å²) in [6.07, 6.45) is 1.37. The molecule has 3 aromatic rings. The van der Waals surface area contributed by atoms with E-state index in [1.165, 1.54) is 23.6 Å². The van der Waals surface area contributed by atoms with Gasteiger partial charge in [0.05, 0.1) is 13.2 Å². The number of rotatable bonds is 7. The van der Waals surface area contributed by atoms with Crippen molar-refractivity contribution in [2.24, 2.45) is 0 Å². The third kappa shape index (κ3) is 3.92. The third-order valence-electron chi connectivity index (χ3n) is 4.21. The number of anilines is 1. The first-order chi connectivity index (χ1) is 14.1. The molecule has 11 nitrogen and oxygen atoms in total. The lowest BCUT2D eigenvalue weighted by Gasteiger charge is -2.10. The number of hydroxylamine groups is 1. The summed E-state index contributed by atoms with van der Waals surface area (Å²) in [5.41, 5.74) is 9.54. The molecule has 0 saturated carbocycles. The second-order valence-electron chi connectivity index (χ2n) is 6.14. The smallest absolute Gasteiger partial charge is 0.269 e.